The number of fused-ring (bicyclic) bond motifs is 40. The zero-order valence-corrected chi connectivity index (χ0v) is 77.8. The number of thiophene rings is 4. The molecule has 0 nitrogen and oxygen atoms in total. The SMILES string of the molecule is c1ccc2c(c1)-c1ccccc1C21c2cccc(-c3c4cccc(-c5cccc6c5sc5ccccc56)c4cc4c(-c5cccc6c5sc5ccccc56)cccc34)c2-c2c1ccc1ccccc21.c1ccc2c(c1)-c1ccccc1C21c2cccc(-c3c4cccc(-c5cccc6sc7ccccc7c56)c4cc4c(-c5cccc6sc7ccccc7c56)cccc34)c2-c2c1ccc1ccccc21. The molecule has 0 unspecified atom stereocenters. The van der Waals surface area contributed by atoms with Crippen molar-refractivity contribution >= 4 is 191 Å². The summed E-state index contributed by atoms with van der Waals surface area (Å²) < 4.78 is 10.6. The van der Waals surface area contributed by atoms with Crippen LogP contribution in [0.1, 0.15) is 44.5 Å². The Morgan fingerprint density at radius 3 is 0.754 bits per heavy atom. The second-order valence-corrected chi connectivity index (χ2v) is 42.0. The van der Waals surface area contributed by atoms with Gasteiger partial charge in [0.1, 0.15) is 0 Å². The maximum absolute atomic E-state index is 2.54. The van der Waals surface area contributed by atoms with Gasteiger partial charge in [0.15, 0.2) is 0 Å². The first-order chi connectivity index (χ1) is 68.5. The first-order valence-corrected chi connectivity index (χ1v) is 51.1. The van der Waals surface area contributed by atoms with E-state index in [1.807, 2.05) is 45.3 Å². The first-order valence-electron chi connectivity index (χ1n) is 47.8. The molecular weight excluding hydrogens is 1740 g/mol. The molecule has 4 aliphatic rings. The molecule has 4 heterocycles. The van der Waals surface area contributed by atoms with Crippen LogP contribution in [0.4, 0.5) is 0 Å². The fourth-order valence-electron chi connectivity index (χ4n) is 26.1. The highest BCUT2D eigenvalue weighted by Gasteiger charge is 2.55. The Balaban J connectivity index is 0.000000128. The third-order valence-electron chi connectivity index (χ3n) is 31.4. The molecule has 0 saturated heterocycles. The van der Waals surface area contributed by atoms with Gasteiger partial charge in [-0.1, -0.05) is 413 Å². The Morgan fingerprint density at radius 1 is 0.123 bits per heavy atom. The van der Waals surface area contributed by atoms with Crippen LogP contribution in [-0.2, 0) is 10.8 Å². The van der Waals surface area contributed by atoms with Gasteiger partial charge in [0.05, 0.1) is 10.8 Å². The molecule has 4 heteroatoms. The quantitative estimate of drug-likeness (QED) is 0.146. The molecule has 24 aromatic carbocycles. The second-order valence-electron chi connectivity index (χ2n) is 37.8. The zero-order valence-electron chi connectivity index (χ0n) is 74.5. The summed E-state index contributed by atoms with van der Waals surface area (Å²) in [7, 11) is 0. The van der Waals surface area contributed by atoms with Crippen LogP contribution in [0.5, 0.6) is 0 Å². The third kappa shape index (κ3) is 10.4. The van der Waals surface area contributed by atoms with Crippen molar-refractivity contribution in [3.05, 3.63) is 506 Å². The smallest absolute Gasteiger partial charge is 0.0725 e. The van der Waals surface area contributed by atoms with Gasteiger partial charge in [-0.15, -0.1) is 45.3 Å². The normalized spacial score (nSPS) is 13.3. The zero-order chi connectivity index (χ0) is 89.9. The summed E-state index contributed by atoms with van der Waals surface area (Å²) in [4.78, 5) is 0. The van der Waals surface area contributed by atoms with Gasteiger partial charge in [-0.25, -0.2) is 0 Å². The molecule has 0 atom stereocenters. The number of hydrogen-bond acceptors (Lipinski definition) is 4. The molecule has 4 aliphatic carbocycles. The van der Waals surface area contributed by atoms with E-state index in [0.717, 1.165) is 0 Å². The maximum atomic E-state index is 2.54. The van der Waals surface area contributed by atoms with Crippen molar-refractivity contribution in [2.45, 2.75) is 10.8 Å². The maximum Gasteiger partial charge on any atom is 0.0725 e. The average molecular weight is 1810 g/mol. The van der Waals surface area contributed by atoms with Crippen molar-refractivity contribution in [2.24, 2.45) is 0 Å². The summed E-state index contributed by atoms with van der Waals surface area (Å²) in [5.74, 6) is 0. The fourth-order valence-corrected chi connectivity index (χ4v) is 30.8. The summed E-state index contributed by atoms with van der Waals surface area (Å²) in [6.45, 7) is 0. The lowest BCUT2D eigenvalue weighted by molar-refractivity contribution is 0.794. The minimum absolute atomic E-state index is 0.484. The van der Waals surface area contributed by atoms with E-state index in [4.69, 9.17) is 0 Å². The highest BCUT2D eigenvalue weighted by atomic mass is 32.1. The van der Waals surface area contributed by atoms with Crippen LogP contribution >= 0.6 is 45.3 Å². The van der Waals surface area contributed by atoms with E-state index < -0.39 is 10.8 Å². The standard InChI is InChI=1S/2C67H38S2/c1-2-17-40-39(16-1)36-37-57-65(40)66-51(28-13-31-56(66)67(57)54-29-7-3-18-43(54)44-19-4-8-30-55(44)67)62-47-24-11-22-41(45-26-14-34-60-63(45)49-20-5-9-32-58(49)68-60)52(47)38-53-42(23-12-25-48(53)62)46-27-15-35-61-64(46)50-21-6-10-33-59(50)69-61;1-2-17-40-39(16-1)36-37-59-63(40)64-53(30-15-33-58(64)67(59)56-31-7-3-18-43(56)44-19-4-8-32-57(44)67)62-47-24-11-22-41(49-26-13-28-51-45-20-5-9-34-60(45)68-65(49)51)54(47)38-55-42(23-12-25-48(55)62)50-27-14-29-52-46-21-6-10-35-61(46)69-66(50)52/h2*1-38H. The van der Waals surface area contributed by atoms with Crippen LogP contribution in [0, 0.1) is 0 Å². The van der Waals surface area contributed by atoms with E-state index in [1.54, 1.807) is 0 Å². The molecule has 4 aromatic heterocycles. The molecule has 0 radical (unpaired) electrons. The molecule has 2 spiro atoms. The van der Waals surface area contributed by atoms with Gasteiger partial charge < -0.3 is 0 Å². The Kier molecular flexibility index (Phi) is 16.3. The molecule has 28 aromatic rings. The number of hydrogen-bond donors (Lipinski definition) is 0. The van der Waals surface area contributed by atoms with Crippen molar-refractivity contribution in [3.63, 3.8) is 0 Å². The van der Waals surface area contributed by atoms with Gasteiger partial charge in [-0.05, 0) is 258 Å². The van der Waals surface area contributed by atoms with Crippen molar-refractivity contribution < 1.29 is 0 Å². The Morgan fingerprint density at radius 2 is 0.370 bits per heavy atom. The summed E-state index contributed by atoms with van der Waals surface area (Å²) in [6, 6.07) is 175. The van der Waals surface area contributed by atoms with Crippen LogP contribution in [0.15, 0.2) is 461 Å². The molecule has 138 heavy (non-hydrogen) atoms. The molecule has 0 aliphatic heterocycles. The van der Waals surface area contributed by atoms with E-state index >= 15 is 0 Å². The largest absolute Gasteiger partial charge is 0.135 e. The van der Waals surface area contributed by atoms with E-state index in [0.29, 0.717) is 0 Å². The van der Waals surface area contributed by atoms with E-state index in [2.05, 4.69) is 461 Å². The molecule has 32 rings (SSSR count). The van der Waals surface area contributed by atoms with Crippen LogP contribution in [0.2, 0.25) is 0 Å². The van der Waals surface area contributed by atoms with Gasteiger partial charge in [0.25, 0.3) is 0 Å². The topological polar surface area (TPSA) is 0 Å². The Labute approximate surface area is 811 Å². The minimum Gasteiger partial charge on any atom is -0.135 e. The summed E-state index contributed by atoms with van der Waals surface area (Å²) >= 11 is 7.60. The van der Waals surface area contributed by atoms with Crippen LogP contribution < -0.4 is 0 Å². The van der Waals surface area contributed by atoms with Crippen molar-refractivity contribution in [1.29, 1.82) is 0 Å². The van der Waals surface area contributed by atoms with Crippen LogP contribution in [0.25, 0.3) is 257 Å². The molecule has 0 fully saturated rings. The summed E-state index contributed by atoms with van der Waals surface area (Å²) in [5.41, 5.74) is 35.8. The van der Waals surface area contributed by atoms with Crippen LogP contribution in [0.3, 0.4) is 0 Å². The lowest BCUT2D eigenvalue weighted by Crippen LogP contribution is -2.25. The number of rotatable bonds is 6. The van der Waals surface area contributed by atoms with Gasteiger partial charge in [-0.2, -0.15) is 0 Å². The predicted molar refractivity (Wildman–Crippen MR) is 595 cm³/mol. The highest BCUT2D eigenvalue weighted by Crippen LogP contribution is 2.69. The first kappa shape index (κ1) is 77.1. The molecule has 0 bridgehead atoms. The van der Waals surface area contributed by atoms with Crippen LogP contribution in [-0.4, -0.2) is 0 Å². The molecule has 0 N–H and O–H groups in total. The fraction of sp³-hybridized carbons (Fsp3) is 0.0149. The predicted octanol–water partition coefficient (Wildman–Crippen LogP) is 38.5. The Hall–Kier alpha value is -16.3. The molecule has 0 amide bonds. The molecular formula is C134H76S4. The summed E-state index contributed by atoms with van der Waals surface area (Å²) in [5, 5.41) is 25.8. The van der Waals surface area contributed by atoms with E-state index in [1.165, 1.54) is 301 Å². The van der Waals surface area contributed by atoms with Crippen molar-refractivity contribution in [1.82, 2.24) is 0 Å². The third-order valence-corrected chi connectivity index (χ3v) is 36.1. The van der Waals surface area contributed by atoms with Gasteiger partial charge in [0.2, 0.25) is 0 Å². The Bertz CT molecular complexity index is 9850. The molecule has 636 valence electrons. The van der Waals surface area contributed by atoms with Gasteiger partial charge >= 0.3 is 0 Å². The lowest BCUT2D eigenvalue weighted by atomic mass is 9.70. The van der Waals surface area contributed by atoms with E-state index in [-0.39, 0.29) is 0 Å². The van der Waals surface area contributed by atoms with E-state index in [9.17, 15) is 0 Å². The highest BCUT2D eigenvalue weighted by molar-refractivity contribution is 7.27. The lowest BCUT2D eigenvalue weighted by Gasteiger charge is -2.30. The monoisotopic (exact) mass is 1810 g/mol. The van der Waals surface area contributed by atoms with Gasteiger partial charge in [0, 0.05) is 91.8 Å². The van der Waals surface area contributed by atoms with Crippen molar-refractivity contribution in [2.75, 3.05) is 0 Å². The minimum atomic E-state index is -0.486. The summed E-state index contributed by atoms with van der Waals surface area (Å²) in [6.07, 6.45) is 0. The molecule has 0 saturated carbocycles. The van der Waals surface area contributed by atoms with Gasteiger partial charge in [-0.3, -0.25) is 0 Å². The average Bonchev–Trinajstić information content (AvgIpc) is 1.50. The number of benzene rings is 24. The second kappa shape index (κ2) is 29.1. The van der Waals surface area contributed by atoms with Crippen molar-refractivity contribution in [3.8, 4) is 111 Å².